The van der Waals surface area contributed by atoms with Crippen LogP contribution in [0.1, 0.15) is 49.8 Å². The number of furan rings is 1. The second kappa shape index (κ2) is 9.49. The summed E-state index contributed by atoms with van der Waals surface area (Å²) in [7, 11) is 0. The van der Waals surface area contributed by atoms with Crippen LogP contribution < -0.4 is 5.32 Å². The lowest BCUT2D eigenvalue weighted by atomic mass is 9.95. The smallest absolute Gasteiger partial charge is 0.336 e. The van der Waals surface area contributed by atoms with Gasteiger partial charge in [-0.2, -0.15) is 0 Å². The summed E-state index contributed by atoms with van der Waals surface area (Å²) >= 11 is 1.55. The molecule has 0 spiro atoms. The second-order valence-corrected chi connectivity index (χ2v) is 9.11. The highest BCUT2D eigenvalue weighted by molar-refractivity contribution is 7.16. The van der Waals surface area contributed by atoms with Gasteiger partial charge in [-0.15, -0.1) is 11.3 Å². The van der Waals surface area contributed by atoms with Crippen molar-refractivity contribution in [1.82, 2.24) is 0 Å². The number of carboxylic acids is 1. The van der Waals surface area contributed by atoms with Crippen molar-refractivity contribution in [2.75, 3.05) is 5.32 Å². The summed E-state index contributed by atoms with van der Waals surface area (Å²) in [6, 6.07) is 19.6. The van der Waals surface area contributed by atoms with Crippen molar-refractivity contribution in [2.45, 2.75) is 25.7 Å². The normalized spacial score (nSPS) is 13.1. The van der Waals surface area contributed by atoms with E-state index in [1.54, 1.807) is 53.9 Å². The highest BCUT2D eigenvalue weighted by Gasteiger charge is 2.25. The molecule has 4 aromatic rings. The predicted molar refractivity (Wildman–Crippen MR) is 134 cm³/mol. The minimum absolute atomic E-state index is 0.159. The van der Waals surface area contributed by atoms with Crippen LogP contribution in [0.4, 0.5) is 10.7 Å². The molecule has 2 aromatic heterocycles. The van der Waals surface area contributed by atoms with Gasteiger partial charge < -0.3 is 14.8 Å². The van der Waals surface area contributed by atoms with Crippen molar-refractivity contribution in [3.05, 3.63) is 94.1 Å². The van der Waals surface area contributed by atoms with E-state index >= 15 is 0 Å². The Morgan fingerprint density at radius 2 is 1.74 bits per heavy atom. The Labute approximate surface area is 200 Å². The zero-order chi connectivity index (χ0) is 23.5. The quantitative estimate of drug-likeness (QED) is 0.311. The van der Waals surface area contributed by atoms with E-state index in [0.717, 1.165) is 36.9 Å². The van der Waals surface area contributed by atoms with E-state index in [9.17, 15) is 14.7 Å². The molecular formula is C27H22N2O4S. The molecule has 170 valence electrons. The second-order valence-electron chi connectivity index (χ2n) is 8.02. The molecule has 2 heterocycles. The maximum Gasteiger partial charge on any atom is 0.336 e. The van der Waals surface area contributed by atoms with Crippen LogP contribution in [-0.2, 0) is 12.8 Å². The largest absolute Gasteiger partial charge is 0.478 e. The Bertz CT molecular complexity index is 1380. The minimum atomic E-state index is -1.01. The van der Waals surface area contributed by atoms with Gasteiger partial charge in [0.15, 0.2) is 0 Å². The number of para-hydroxylation sites is 1. The molecule has 0 bridgehead atoms. The first-order valence-electron chi connectivity index (χ1n) is 11.1. The molecule has 5 rings (SSSR count). The number of thiophene rings is 1. The number of fused-ring (bicyclic) bond motifs is 1. The topological polar surface area (TPSA) is 91.9 Å². The lowest BCUT2D eigenvalue weighted by Crippen LogP contribution is -2.14. The molecule has 6 nitrogen and oxygen atoms in total. The number of hydrogen-bond donors (Lipinski definition) is 2. The number of aromatic carboxylic acids is 1. The molecule has 0 atom stereocenters. The fourth-order valence-electron chi connectivity index (χ4n) is 4.17. The maximum absolute atomic E-state index is 13.2. The lowest BCUT2D eigenvalue weighted by molar-refractivity contribution is 0.0697. The first-order chi connectivity index (χ1) is 16.6. The van der Waals surface area contributed by atoms with Crippen LogP contribution in [0.15, 0.2) is 76.1 Å². The van der Waals surface area contributed by atoms with Crippen LogP contribution in [0, 0.1) is 0 Å². The number of nitrogens with one attached hydrogen (secondary N) is 1. The Morgan fingerprint density at radius 1 is 0.971 bits per heavy atom. The summed E-state index contributed by atoms with van der Waals surface area (Å²) in [4.78, 5) is 30.6. The van der Waals surface area contributed by atoms with Gasteiger partial charge in [0.25, 0.3) is 5.91 Å². The summed E-state index contributed by atoms with van der Waals surface area (Å²) in [6.07, 6.45) is 5.58. The number of anilines is 1. The van der Waals surface area contributed by atoms with E-state index in [0.29, 0.717) is 27.6 Å². The Morgan fingerprint density at radius 3 is 2.56 bits per heavy atom. The zero-order valence-electron chi connectivity index (χ0n) is 18.3. The summed E-state index contributed by atoms with van der Waals surface area (Å²) in [6.45, 7) is 0. The van der Waals surface area contributed by atoms with E-state index < -0.39 is 5.97 Å². The average molecular weight is 471 g/mol. The van der Waals surface area contributed by atoms with Crippen LogP contribution in [0.3, 0.4) is 0 Å². The molecule has 0 fully saturated rings. The van der Waals surface area contributed by atoms with Crippen LogP contribution in [0.25, 0.3) is 11.3 Å². The number of hydrogen-bond acceptors (Lipinski definition) is 5. The zero-order valence-corrected chi connectivity index (χ0v) is 19.1. The van der Waals surface area contributed by atoms with Crippen LogP contribution in [0.2, 0.25) is 0 Å². The first kappa shape index (κ1) is 21.9. The van der Waals surface area contributed by atoms with Crippen molar-refractivity contribution >= 4 is 40.1 Å². The molecule has 2 aromatic carbocycles. The van der Waals surface area contributed by atoms with Crippen molar-refractivity contribution in [1.29, 1.82) is 0 Å². The molecule has 0 aliphatic heterocycles. The van der Waals surface area contributed by atoms with Gasteiger partial charge in [-0.25, -0.2) is 9.79 Å². The van der Waals surface area contributed by atoms with Gasteiger partial charge in [-0.3, -0.25) is 4.79 Å². The third kappa shape index (κ3) is 4.43. The summed E-state index contributed by atoms with van der Waals surface area (Å²) in [5.74, 6) is -0.239. The van der Waals surface area contributed by atoms with Crippen LogP contribution in [-0.4, -0.2) is 23.2 Å². The number of aryl methyl sites for hydroxylation is 1. The SMILES string of the molecule is O=C(O)c1ccccc1-c1ccc(C=Nc2sc3c(c2C(=O)Nc2ccccc2)CCCC3)o1. The maximum atomic E-state index is 13.2. The summed E-state index contributed by atoms with van der Waals surface area (Å²) in [5.41, 5.74) is 3.14. The van der Waals surface area contributed by atoms with Crippen molar-refractivity contribution < 1.29 is 19.1 Å². The standard InChI is InChI=1S/C27H22N2O4S/c30-25(29-17-8-2-1-3-9-17)24-21-12-6-7-13-23(21)34-26(24)28-16-18-14-15-22(33-18)19-10-4-5-11-20(19)27(31)32/h1-5,8-11,14-16H,6-7,12-13H2,(H,29,30)(H,31,32). The molecule has 1 aliphatic carbocycles. The molecule has 1 aliphatic rings. The number of amides is 1. The fraction of sp³-hybridized carbons (Fsp3) is 0.148. The van der Waals surface area contributed by atoms with E-state index in [4.69, 9.17) is 4.42 Å². The van der Waals surface area contributed by atoms with Gasteiger partial charge in [0.2, 0.25) is 0 Å². The van der Waals surface area contributed by atoms with Crippen molar-refractivity contribution in [3.8, 4) is 11.3 Å². The number of rotatable bonds is 6. The molecule has 2 N–H and O–H groups in total. The Balaban J connectivity index is 1.45. The molecule has 7 heteroatoms. The summed E-state index contributed by atoms with van der Waals surface area (Å²) < 4.78 is 5.87. The number of carbonyl (C=O) groups is 2. The van der Waals surface area contributed by atoms with Gasteiger partial charge in [-0.1, -0.05) is 36.4 Å². The van der Waals surface area contributed by atoms with Crippen LogP contribution in [0.5, 0.6) is 0 Å². The molecule has 0 saturated carbocycles. The summed E-state index contributed by atoms with van der Waals surface area (Å²) in [5, 5.41) is 13.1. The first-order valence-corrected chi connectivity index (χ1v) is 11.9. The Kier molecular flexibility index (Phi) is 6.10. The van der Waals surface area contributed by atoms with Gasteiger partial charge in [0.1, 0.15) is 16.5 Å². The third-order valence-corrected chi connectivity index (χ3v) is 6.97. The molecule has 34 heavy (non-hydrogen) atoms. The predicted octanol–water partition coefficient (Wildman–Crippen LogP) is 6.59. The third-order valence-electron chi connectivity index (χ3n) is 5.77. The van der Waals surface area contributed by atoms with E-state index in [1.807, 2.05) is 30.3 Å². The number of aliphatic imine (C=N–C) groups is 1. The van der Waals surface area contributed by atoms with E-state index in [-0.39, 0.29) is 11.5 Å². The van der Waals surface area contributed by atoms with Crippen molar-refractivity contribution in [2.24, 2.45) is 4.99 Å². The van der Waals surface area contributed by atoms with Gasteiger partial charge in [0, 0.05) is 16.1 Å². The molecule has 0 unspecified atom stereocenters. The number of nitrogens with zero attached hydrogens (tertiary/aromatic N) is 1. The Hall–Kier alpha value is -3.97. The minimum Gasteiger partial charge on any atom is -0.478 e. The number of carboxylic acid groups (broad SMARTS) is 1. The van der Waals surface area contributed by atoms with Crippen LogP contribution >= 0.6 is 11.3 Å². The number of carbonyl (C=O) groups excluding carboxylic acids is 1. The molecular weight excluding hydrogens is 448 g/mol. The average Bonchev–Trinajstić information content (AvgIpc) is 3.48. The van der Waals surface area contributed by atoms with Gasteiger partial charge in [0.05, 0.1) is 17.3 Å². The van der Waals surface area contributed by atoms with Crippen molar-refractivity contribution in [3.63, 3.8) is 0 Å². The highest BCUT2D eigenvalue weighted by atomic mass is 32.1. The fourth-order valence-corrected chi connectivity index (χ4v) is 5.40. The highest BCUT2D eigenvalue weighted by Crippen LogP contribution is 2.40. The molecule has 0 saturated heterocycles. The van der Waals surface area contributed by atoms with Gasteiger partial charge >= 0.3 is 5.97 Å². The van der Waals surface area contributed by atoms with E-state index in [2.05, 4.69) is 10.3 Å². The molecule has 1 amide bonds. The lowest BCUT2D eigenvalue weighted by Gasteiger charge is -2.12. The molecule has 0 radical (unpaired) electrons. The monoisotopic (exact) mass is 470 g/mol. The van der Waals surface area contributed by atoms with Gasteiger partial charge in [-0.05, 0) is 61.6 Å². The van der Waals surface area contributed by atoms with E-state index in [1.165, 1.54) is 4.88 Å². The number of benzene rings is 2.